The number of hydrogen-bond donors (Lipinski definition) is 2. The molecule has 6 rings (SSSR count). The molecule has 1 aliphatic heterocycles. The van der Waals surface area contributed by atoms with Crippen molar-refractivity contribution in [3.8, 4) is 0 Å². The van der Waals surface area contributed by atoms with E-state index in [1.807, 2.05) is 31.0 Å². The predicted octanol–water partition coefficient (Wildman–Crippen LogP) is 3.85. The van der Waals surface area contributed by atoms with Gasteiger partial charge in [0.1, 0.15) is 0 Å². The summed E-state index contributed by atoms with van der Waals surface area (Å²) in [6.45, 7) is 2.89. The molecule has 188 valence electrons. The van der Waals surface area contributed by atoms with E-state index < -0.39 is 0 Å². The summed E-state index contributed by atoms with van der Waals surface area (Å²) in [5.41, 5.74) is 4.96. The Balaban J connectivity index is 1.19. The van der Waals surface area contributed by atoms with E-state index in [1.54, 1.807) is 0 Å². The Kier molecular flexibility index (Phi) is 6.62. The van der Waals surface area contributed by atoms with Gasteiger partial charge < -0.3 is 15.2 Å². The van der Waals surface area contributed by atoms with Gasteiger partial charge in [-0.1, -0.05) is 17.7 Å². The maximum Gasteiger partial charge on any atom is 0.238 e. The van der Waals surface area contributed by atoms with Gasteiger partial charge in [-0.05, 0) is 82.9 Å². The first-order chi connectivity index (χ1) is 17.5. The molecule has 0 bridgehead atoms. The average molecular weight is 570 g/mol. The summed E-state index contributed by atoms with van der Waals surface area (Å²) >= 11 is 9.97. The fraction of sp³-hybridized carbons (Fsp3) is 0.444. The average Bonchev–Trinajstić information content (AvgIpc) is 3.50. The number of fused-ring (bicyclic) bond motifs is 2. The molecular formula is C27H30BrClN6O. The maximum atomic E-state index is 13.2. The molecule has 1 saturated heterocycles. The first-order valence-corrected chi connectivity index (χ1v) is 13.9. The zero-order chi connectivity index (χ0) is 24.7. The Morgan fingerprint density at radius 2 is 2.11 bits per heavy atom. The molecule has 2 N–H and O–H groups in total. The van der Waals surface area contributed by atoms with Crippen molar-refractivity contribution < 1.29 is 4.79 Å². The van der Waals surface area contributed by atoms with Gasteiger partial charge in [0.05, 0.1) is 24.1 Å². The van der Waals surface area contributed by atoms with Crippen LogP contribution in [0.25, 0.3) is 0 Å². The Bertz CT molecular complexity index is 1210. The van der Waals surface area contributed by atoms with Crippen molar-refractivity contribution in [3.63, 3.8) is 0 Å². The normalized spacial score (nSPS) is 22.8. The van der Waals surface area contributed by atoms with Gasteiger partial charge in [0.15, 0.2) is 0 Å². The third-order valence-corrected chi connectivity index (χ3v) is 8.62. The lowest BCUT2D eigenvalue weighted by Gasteiger charge is -2.39. The number of benzene rings is 1. The highest BCUT2D eigenvalue weighted by molar-refractivity contribution is 9.10. The highest BCUT2D eigenvalue weighted by Gasteiger charge is 2.44. The Morgan fingerprint density at radius 1 is 1.25 bits per heavy atom. The smallest absolute Gasteiger partial charge is 0.238 e. The number of pyridine rings is 1. The second-order valence-electron chi connectivity index (χ2n) is 10.2. The van der Waals surface area contributed by atoms with Gasteiger partial charge in [-0.3, -0.25) is 14.7 Å². The highest BCUT2D eigenvalue weighted by Crippen LogP contribution is 2.46. The number of piperazine rings is 1. The van der Waals surface area contributed by atoms with Crippen LogP contribution in [0.3, 0.4) is 0 Å². The summed E-state index contributed by atoms with van der Waals surface area (Å²) in [5.74, 6) is 0.0649. The van der Waals surface area contributed by atoms with Crippen LogP contribution < -0.4 is 10.6 Å². The van der Waals surface area contributed by atoms with Gasteiger partial charge in [-0.15, -0.1) is 0 Å². The van der Waals surface area contributed by atoms with Crippen LogP contribution in [0.15, 0.2) is 53.7 Å². The SMILES string of the molecule is O=C(NCCC1(n2ccnc2)CC1)[C@H]1CN([C@H]2c3ccc(Cl)cc3CCc3cc(Br)cnc32)CCN1. The third-order valence-electron chi connectivity index (χ3n) is 7.95. The number of hydrogen-bond acceptors (Lipinski definition) is 5. The maximum absolute atomic E-state index is 13.2. The number of imidazole rings is 1. The number of aryl methyl sites for hydroxylation is 2. The number of rotatable bonds is 6. The van der Waals surface area contributed by atoms with E-state index in [2.05, 4.69) is 59.2 Å². The van der Waals surface area contributed by atoms with Crippen LogP contribution in [0.1, 0.15) is 47.7 Å². The minimum atomic E-state index is -0.264. The number of aromatic nitrogens is 3. The van der Waals surface area contributed by atoms with E-state index in [9.17, 15) is 4.79 Å². The summed E-state index contributed by atoms with van der Waals surface area (Å²) in [6.07, 6.45) is 12.7. The summed E-state index contributed by atoms with van der Waals surface area (Å²) in [7, 11) is 0. The molecule has 2 atom stereocenters. The number of carbonyl (C=O) groups is 1. The molecule has 2 aromatic heterocycles. The van der Waals surface area contributed by atoms with Crippen molar-refractivity contribution in [1.29, 1.82) is 0 Å². The van der Waals surface area contributed by atoms with Crippen LogP contribution in [0.5, 0.6) is 0 Å². The molecule has 0 radical (unpaired) electrons. The third kappa shape index (κ3) is 4.72. The van der Waals surface area contributed by atoms with Crippen LogP contribution >= 0.6 is 27.5 Å². The summed E-state index contributed by atoms with van der Waals surface area (Å²) in [5, 5.41) is 7.40. The predicted molar refractivity (Wildman–Crippen MR) is 143 cm³/mol. The molecule has 1 amide bonds. The van der Waals surface area contributed by atoms with Crippen LogP contribution in [-0.2, 0) is 23.2 Å². The lowest BCUT2D eigenvalue weighted by molar-refractivity contribution is -0.124. The van der Waals surface area contributed by atoms with Gasteiger partial charge in [0, 0.05) is 59.8 Å². The van der Waals surface area contributed by atoms with E-state index in [1.165, 1.54) is 16.7 Å². The molecule has 36 heavy (non-hydrogen) atoms. The zero-order valence-corrected chi connectivity index (χ0v) is 22.4. The Labute approximate surface area is 224 Å². The molecule has 3 aromatic rings. The number of halogens is 2. The largest absolute Gasteiger partial charge is 0.355 e. The highest BCUT2D eigenvalue weighted by atomic mass is 79.9. The van der Waals surface area contributed by atoms with Gasteiger partial charge in [0.25, 0.3) is 0 Å². The van der Waals surface area contributed by atoms with Gasteiger partial charge in [0.2, 0.25) is 5.91 Å². The van der Waals surface area contributed by atoms with Gasteiger partial charge >= 0.3 is 0 Å². The van der Waals surface area contributed by atoms with Crippen LogP contribution in [0.2, 0.25) is 5.02 Å². The molecule has 9 heteroatoms. The molecule has 2 fully saturated rings. The van der Waals surface area contributed by atoms with Crippen LogP contribution in [0, 0.1) is 0 Å². The molecule has 1 aromatic carbocycles. The lowest BCUT2D eigenvalue weighted by atomic mass is 9.95. The molecule has 7 nitrogen and oxygen atoms in total. The van der Waals surface area contributed by atoms with Crippen LogP contribution in [0.4, 0.5) is 0 Å². The molecule has 0 unspecified atom stereocenters. The molecule has 3 aliphatic rings. The Hall–Kier alpha value is -2.26. The quantitative estimate of drug-likeness (QED) is 0.472. The van der Waals surface area contributed by atoms with E-state index in [0.717, 1.165) is 60.4 Å². The Morgan fingerprint density at radius 3 is 2.92 bits per heavy atom. The standard InChI is InChI=1S/C27H30BrClN6O/c28-20-13-19-2-1-18-14-21(29)3-4-22(18)25(24(19)33-15-20)34-11-10-31-23(16-34)26(36)32-8-7-27(5-6-27)35-12-9-30-17-35/h3-4,9,12-15,17,23,25,31H,1-2,5-8,10-11,16H2,(H,32,36)/t23-,25+/m1/s1. The molecular weight excluding hydrogens is 540 g/mol. The number of nitrogens with zero attached hydrogens (tertiary/aromatic N) is 4. The minimum absolute atomic E-state index is 0.00348. The second kappa shape index (κ2) is 9.89. The van der Waals surface area contributed by atoms with Crippen molar-refractivity contribution in [1.82, 2.24) is 30.1 Å². The topological polar surface area (TPSA) is 75.1 Å². The zero-order valence-electron chi connectivity index (χ0n) is 20.1. The molecule has 3 heterocycles. The van der Waals surface area contributed by atoms with Crippen molar-refractivity contribution in [3.05, 3.63) is 81.1 Å². The second-order valence-corrected chi connectivity index (χ2v) is 11.5. The van der Waals surface area contributed by atoms with E-state index in [4.69, 9.17) is 16.6 Å². The lowest BCUT2D eigenvalue weighted by Crippen LogP contribution is -2.58. The van der Waals surface area contributed by atoms with E-state index >= 15 is 0 Å². The first-order valence-electron chi connectivity index (χ1n) is 12.7. The van der Waals surface area contributed by atoms with Crippen molar-refractivity contribution in [2.75, 3.05) is 26.2 Å². The molecule has 1 saturated carbocycles. The number of carbonyl (C=O) groups excluding carboxylic acids is 1. The molecule has 0 spiro atoms. The number of nitrogens with one attached hydrogen (secondary N) is 2. The van der Waals surface area contributed by atoms with Crippen molar-refractivity contribution in [2.45, 2.75) is 49.7 Å². The molecule has 2 aliphatic carbocycles. The van der Waals surface area contributed by atoms with Crippen molar-refractivity contribution >= 4 is 33.4 Å². The monoisotopic (exact) mass is 568 g/mol. The summed E-state index contributed by atoms with van der Waals surface area (Å²) in [6, 6.07) is 8.12. The first kappa shape index (κ1) is 24.1. The fourth-order valence-electron chi connectivity index (χ4n) is 5.83. The van der Waals surface area contributed by atoms with Crippen molar-refractivity contribution in [2.24, 2.45) is 0 Å². The van der Waals surface area contributed by atoms with E-state index in [0.29, 0.717) is 13.1 Å². The minimum Gasteiger partial charge on any atom is -0.355 e. The number of amides is 1. The van der Waals surface area contributed by atoms with Gasteiger partial charge in [-0.2, -0.15) is 0 Å². The van der Waals surface area contributed by atoms with Gasteiger partial charge in [-0.25, -0.2) is 4.98 Å². The summed E-state index contributed by atoms with van der Waals surface area (Å²) < 4.78 is 3.18. The van der Waals surface area contributed by atoms with Crippen LogP contribution in [-0.4, -0.2) is 57.6 Å². The summed E-state index contributed by atoms with van der Waals surface area (Å²) in [4.78, 5) is 24.7. The van der Waals surface area contributed by atoms with E-state index in [-0.39, 0.29) is 23.5 Å². The fourth-order valence-corrected chi connectivity index (χ4v) is 6.40.